The number of thioether (sulfide) groups is 1. The second-order valence-electron chi connectivity index (χ2n) is 7.92. The van der Waals surface area contributed by atoms with Gasteiger partial charge in [-0.2, -0.15) is 0 Å². The third kappa shape index (κ3) is 5.17. The van der Waals surface area contributed by atoms with Crippen LogP contribution in [0.15, 0.2) is 66.1 Å². The average molecular weight is 435 g/mol. The highest BCUT2D eigenvalue weighted by atomic mass is 32.2. The van der Waals surface area contributed by atoms with E-state index in [1.807, 2.05) is 29.0 Å². The van der Waals surface area contributed by atoms with Crippen molar-refractivity contribution in [2.75, 3.05) is 11.1 Å². The topological polar surface area (TPSA) is 76.0 Å². The van der Waals surface area contributed by atoms with Gasteiger partial charge in [-0.1, -0.05) is 55.9 Å². The third-order valence-corrected chi connectivity index (χ3v) is 6.08. The molecular formula is C24H26N4O2S. The van der Waals surface area contributed by atoms with Gasteiger partial charge in [0.25, 0.3) is 5.91 Å². The molecule has 1 aliphatic carbocycles. The Morgan fingerprint density at radius 1 is 1.13 bits per heavy atom. The van der Waals surface area contributed by atoms with Gasteiger partial charge in [0.05, 0.1) is 22.7 Å². The Kier molecular flexibility index (Phi) is 6.42. The van der Waals surface area contributed by atoms with Crippen molar-refractivity contribution in [2.45, 2.75) is 43.8 Å². The molecule has 160 valence electrons. The smallest absolute Gasteiger partial charge is 0.253 e. The second-order valence-corrected chi connectivity index (χ2v) is 8.87. The number of carbonyl (C=O) groups is 2. The number of nitrogens with zero attached hydrogens (tertiary/aromatic N) is 2. The van der Waals surface area contributed by atoms with Gasteiger partial charge in [0.1, 0.15) is 0 Å². The molecule has 0 saturated heterocycles. The predicted molar refractivity (Wildman–Crippen MR) is 124 cm³/mol. The number of anilines is 1. The quantitative estimate of drug-likeness (QED) is 0.507. The summed E-state index contributed by atoms with van der Waals surface area (Å²) in [7, 11) is 0. The van der Waals surface area contributed by atoms with Gasteiger partial charge in [-0.05, 0) is 42.5 Å². The van der Waals surface area contributed by atoms with Gasteiger partial charge >= 0.3 is 0 Å². The summed E-state index contributed by atoms with van der Waals surface area (Å²) in [5.41, 5.74) is 3.31. The van der Waals surface area contributed by atoms with Gasteiger partial charge in [0.15, 0.2) is 5.16 Å². The Hall–Kier alpha value is -3.06. The predicted octanol–water partition coefficient (Wildman–Crippen LogP) is 4.62. The normalized spacial score (nSPS) is 13.3. The van der Waals surface area contributed by atoms with Crippen molar-refractivity contribution < 1.29 is 9.59 Å². The molecule has 6 nitrogen and oxygen atoms in total. The minimum Gasteiger partial charge on any atom is -0.349 e. The first-order valence-electron chi connectivity index (χ1n) is 10.5. The van der Waals surface area contributed by atoms with Gasteiger partial charge in [-0.3, -0.25) is 14.2 Å². The summed E-state index contributed by atoms with van der Waals surface area (Å²) in [5.74, 6) is 0.243. The number of benzene rings is 2. The van der Waals surface area contributed by atoms with Crippen LogP contribution in [0.4, 0.5) is 5.69 Å². The highest BCUT2D eigenvalue weighted by molar-refractivity contribution is 7.99. The molecule has 1 fully saturated rings. The van der Waals surface area contributed by atoms with Crippen LogP contribution in [0.1, 0.15) is 48.5 Å². The third-order valence-electron chi connectivity index (χ3n) is 5.12. The van der Waals surface area contributed by atoms with E-state index in [1.165, 1.54) is 17.3 Å². The van der Waals surface area contributed by atoms with Crippen molar-refractivity contribution in [3.63, 3.8) is 0 Å². The number of amides is 2. The van der Waals surface area contributed by atoms with Gasteiger partial charge in [-0.25, -0.2) is 4.98 Å². The second kappa shape index (κ2) is 9.39. The molecule has 0 radical (unpaired) electrons. The lowest BCUT2D eigenvalue weighted by Crippen LogP contribution is -2.27. The van der Waals surface area contributed by atoms with Crippen LogP contribution in [-0.2, 0) is 4.79 Å². The van der Waals surface area contributed by atoms with E-state index in [4.69, 9.17) is 0 Å². The van der Waals surface area contributed by atoms with E-state index in [1.54, 1.807) is 24.4 Å². The molecule has 7 heteroatoms. The van der Waals surface area contributed by atoms with Gasteiger partial charge < -0.3 is 10.6 Å². The Morgan fingerprint density at radius 2 is 1.87 bits per heavy atom. The molecule has 1 aromatic heterocycles. The Balaban J connectivity index is 1.43. The Labute approximate surface area is 186 Å². The van der Waals surface area contributed by atoms with Crippen LogP contribution in [0.3, 0.4) is 0 Å². The van der Waals surface area contributed by atoms with Crippen molar-refractivity contribution in [1.82, 2.24) is 14.9 Å². The fourth-order valence-electron chi connectivity index (χ4n) is 3.37. The minimum absolute atomic E-state index is 0.146. The van der Waals surface area contributed by atoms with Crippen molar-refractivity contribution in [3.05, 3.63) is 72.1 Å². The van der Waals surface area contributed by atoms with E-state index in [2.05, 4.69) is 41.6 Å². The van der Waals surface area contributed by atoms with Crippen LogP contribution in [-0.4, -0.2) is 33.2 Å². The van der Waals surface area contributed by atoms with Crippen molar-refractivity contribution in [3.8, 4) is 5.69 Å². The molecule has 0 spiro atoms. The fourth-order valence-corrected chi connectivity index (χ4v) is 4.14. The zero-order valence-corrected chi connectivity index (χ0v) is 18.5. The van der Waals surface area contributed by atoms with Crippen LogP contribution in [0, 0.1) is 0 Å². The van der Waals surface area contributed by atoms with Gasteiger partial charge in [0, 0.05) is 18.4 Å². The van der Waals surface area contributed by atoms with E-state index in [-0.39, 0.29) is 23.6 Å². The standard InChI is InChI=1S/C24H26N4O2S/c1-16(2)18-7-4-6-10-21(18)28-14-13-25-24(28)31-15-22(29)27-20-9-5-3-8-19(20)23(30)26-17-11-12-17/h3-10,13-14,16-17H,11-12,15H2,1-2H3,(H,26,30)(H,27,29). The van der Waals surface area contributed by atoms with Crippen LogP contribution in [0.5, 0.6) is 0 Å². The molecule has 0 bridgehead atoms. The maximum atomic E-state index is 12.6. The number of para-hydroxylation sites is 2. The van der Waals surface area contributed by atoms with E-state index >= 15 is 0 Å². The minimum atomic E-state index is -0.177. The van der Waals surface area contributed by atoms with Crippen molar-refractivity contribution in [1.29, 1.82) is 0 Å². The molecule has 1 aliphatic rings. The summed E-state index contributed by atoms with van der Waals surface area (Å²) in [4.78, 5) is 29.5. The summed E-state index contributed by atoms with van der Waals surface area (Å²) in [5, 5.41) is 6.60. The number of rotatable bonds is 8. The zero-order valence-electron chi connectivity index (χ0n) is 17.7. The number of hydrogen-bond acceptors (Lipinski definition) is 4. The molecule has 1 heterocycles. The lowest BCUT2D eigenvalue weighted by Gasteiger charge is -2.15. The molecule has 4 rings (SSSR count). The summed E-state index contributed by atoms with van der Waals surface area (Å²) >= 11 is 1.37. The first kappa shape index (κ1) is 21.2. The van der Waals surface area contributed by atoms with Crippen LogP contribution < -0.4 is 10.6 Å². The average Bonchev–Trinajstić information content (AvgIpc) is 3.45. The van der Waals surface area contributed by atoms with Crippen LogP contribution >= 0.6 is 11.8 Å². The molecular weight excluding hydrogens is 408 g/mol. The van der Waals surface area contributed by atoms with E-state index in [0.717, 1.165) is 23.7 Å². The monoisotopic (exact) mass is 434 g/mol. The van der Waals surface area contributed by atoms with E-state index < -0.39 is 0 Å². The number of imidazole rings is 1. The zero-order chi connectivity index (χ0) is 21.8. The molecule has 31 heavy (non-hydrogen) atoms. The maximum Gasteiger partial charge on any atom is 0.253 e. The molecule has 2 N–H and O–H groups in total. The van der Waals surface area contributed by atoms with Gasteiger partial charge in [0.2, 0.25) is 5.91 Å². The Bertz CT molecular complexity index is 1090. The molecule has 0 aliphatic heterocycles. The highest BCUT2D eigenvalue weighted by Gasteiger charge is 2.25. The first-order valence-corrected chi connectivity index (χ1v) is 11.5. The van der Waals surface area contributed by atoms with Gasteiger partial charge in [-0.15, -0.1) is 0 Å². The molecule has 2 aromatic carbocycles. The lowest BCUT2D eigenvalue weighted by atomic mass is 10.0. The number of aromatic nitrogens is 2. The summed E-state index contributed by atoms with van der Waals surface area (Å²) in [6.07, 6.45) is 5.70. The lowest BCUT2D eigenvalue weighted by molar-refractivity contribution is -0.113. The Morgan fingerprint density at radius 3 is 2.65 bits per heavy atom. The molecule has 3 aromatic rings. The first-order chi connectivity index (χ1) is 15.0. The summed E-state index contributed by atoms with van der Waals surface area (Å²) in [6, 6.07) is 15.6. The number of hydrogen-bond donors (Lipinski definition) is 2. The SMILES string of the molecule is CC(C)c1ccccc1-n1ccnc1SCC(=O)Nc1ccccc1C(=O)NC1CC1. The molecule has 0 unspecified atom stereocenters. The van der Waals surface area contributed by atoms with Crippen molar-refractivity contribution >= 4 is 29.3 Å². The van der Waals surface area contributed by atoms with E-state index in [0.29, 0.717) is 17.2 Å². The van der Waals surface area contributed by atoms with Crippen LogP contribution in [0.2, 0.25) is 0 Å². The summed E-state index contributed by atoms with van der Waals surface area (Å²) < 4.78 is 2.02. The maximum absolute atomic E-state index is 12.6. The van der Waals surface area contributed by atoms with Crippen molar-refractivity contribution in [2.24, 2.45) is 0 Å². The summed E-state index contributed by atoms with van der Waals surface area (Å²) in [6.45, 7) is 4.32. The number of nitrogens with one attached hydrogen (secondary N) is 2. The highest BCUT2D eigenvalue weighted by Crippen LogP contribution is 2.27. The van der Waals surface area contributed by atoms with Crippen LogP contribution in [0.25, 0.3) is 5.69 Å². The molecule has 0 atom stereocenters. The van der Waals surface area contributed by atoms with E-state index in [9.17, 15) is 9.59 Å². The fraction of sp³-hybridized carbons (Fsp3) is 0.292. The molecule has 1 saturated carbocycles. The largest absolute Gasteiger partial charge is 0.349 e. The molecule has 2 amide bonds. The number of carbonyl (C=O) groups excluding carboxylic acids is 2.